The van der Waals surface area contributed by atoms with E-state index in [-0.39, 0.29) is 5.91 Å². The number of carbonyl (C=O) groups excluding carboxylic acids is 1. The van der Waals surface area contributed by atoms with Crippen LogP contribution < -0.4 is 4.90 Å². The first-order valence-electron chi connectivity index (χ1n) is 14.4. The van der Waals surface area contributed by atoms with Crippen LogP contribution in [-0.2, 0) is 17.7 Å². The van der Waals surface area contributed by atoms with Gasteiger partial charge in [-0.2, -0.15) is 0 Å². The number of thiophene rings is 1. The van der Waals surface area contributed by atoms with Crippen molar-refractivity contribution in [2.24, 2.45) is 4.99 Å². The van der Waals surface area contributed by atoms with Gasteiger partial charge in [0.25, 0.3) is 5.91 Å². The highest BCUT2D eigenvalue weighted by Gasteiger charge is 2.23. The van der Waals surface area contributed by atoms with E-state index in [0.717, 1.165) is 104 Å². The lowest BCUT2D eigenvalue weighted by molar-refractivity contribution is 0.0948. The number of hydrogen-bond donors (Lipinski definition) is 0. The van der Waals surface area contributed by atoms with Gasteiger partial charge in [0.05, 0.1) is 23.4 Å². The second kappa shape index (κ2) is 11.6. The topological polar surface area (TPSA) is 88.7 Å². The van der Waals surface area contributed by atoms with Gasteiger partial charge in [-0.05, 0) is 43.9 Å². The van der Waals surface area contributed by atoms with Gasteiger partial charge in [-0.1, -0.05) is 24.3 Å². The van der Waals surface area contributed by atoms with Crippen molar-refractivity contribution in [2.75, 3.05) is 50.8 Å². The van der Waals surface area contributed by atoms with Crippen molar-refractivity contribution >= 4 is 39.5 Å². The molecule has 0 bridgehead atoms. The van der Waals surface area contributed by atoms with Crippen LogP contribution in [0.25, 0.3) is 21.6 Å². The van der Waals surface area contributed by atoms with Crippen molar-refractivity contribution in [2.45, 2.75) is 32.2 Å². The molecule has 10 heteroatoms. The summed E-state index contributed by atoms with van der Waals surface area (Å²) in [6.45, 7) is 6.63. The summed E-state index contributed by atoms with van der Waals surface area (Å²) in [6.07, 6.45) is 12.6. The van der Waals surface area contributed by atoms with Gasteiger partial charge in [0.2, 0.25) is 0 Å². The van der Waals surface area contributed by atoms with E-state index in [9.17, 15) is 4.79 Å². The minimum Gasteiger partial charge on any atom is -0.378 e. The number of ether oxygens (including phenoxy) is 1. The van der Waals surface area contributed by atoms with E-state index in [1.54, 1.807) is 34.6 Å². The smallest absolute Gasteiger partial charge is 0.258 e. The Hall–Kier alpha value is -3.73. The maximum atomic E-state index is 12.8. The van der Waals surface area contributed by atoms with Gasteiger partial charge in [-0.15, -0.1) is 11.3 Å². The molecule has 6 heterocycles. The van der Waals surface area contributed by atoms with E-state index >= 15 is 0 Å². The number of anilines is 1. The number of morpholine rings is 1. The van der Waals surface area contributed by atoms with Crippen LogP contribution in [0.1, 0.15) is 40.1 Å². The molecule has 0 saturated carbocycles. The highest BCUT2D eigenvalue weighted by atomic mass is 32.1. The van der Waals surface area contributed by atoms with Gasteiger partial charge in [-0.25, -0.2) is 15.0 Å². The third kappa shape index (κ3) is 5.47. The van der Waals surface area contributed by atoms with Crippen molar-refractivity contribution in [3.63, 3.8) is 0 Å². The third-order valence-corrected chi connectivity index (χ3v) is 9.14. The molecule has 0 atom stereocenters. The van der Waals surface area contributed by atoms with E-state index in [0.29, 0.717) is 13.2 Å². The Bertz CT molecular complexity index is 1620. The summed E-state index contributed by atoms with van der Waals surface area (Å²) < 4.78 is 8.37. The molecule has 1 aromatic carbocycles. The maximum Gasteiger partial charge on any atom is 0.258 e. The molecular weight excluding hydrogens is 534 g/mol. The summed E-state index contributed by atoms with van der Waals surface area (Å²) in [5.41, 5.74) is 5.38. The Morgan fingerprint density at radius 2 is 2.00 bits per heavy atom. The number of aliphatic imine (C=N–C) groups is 1. The quantitative estimate of drug-likeness (QED) is 0.348. The molecule has 3 aromatic heterocycles. The molecule has 1 fully saturated rings. The number of allylic oxidation sites excluding steroid dienone is 1. The predicted octanol–water partition coefficient (Wildman–Crippen LogP) is 4.62. The molecule has 0 amide bonds. The zero-order chi connectivity index (χ0) is 27.6. The molecule has 1 saturated heterocycles. The van der Waals surface area contributed by atoms with Crippen molar-refractivity contribution < 1.29 is 9.53 Å². The summed E-state index contributed by atoms with van der Waals surface area (Å²) in [5.74, 6) is 1.81. The lowest BCUT2D eigenvalue weighted by Gasteiger charge is -2.28. The fourth-order valence-corrected chi connectivity index (χ4v) is 7.07. The van der Waals surface area contributed by atoms with Crippen LogP contribution in [0.3, 0.4) is 0 Å². The van der Waals surface area contributed by atoms with Gasteiger partial charge in [0.15, 0.2) is 11.6 Å². The molecule has 3 aliphatic heterocycles. The molecule has 7 rings (SSSR count). The fraction of sp³-hybridized carbons (Fsp3) is 0.387. The molecule has 0 N–H and O–H groups in total. The first kappa shape index (κ1) is 26.2. The highest BCUT2D eigenvalue weighted by molar-refractivity contribution is 7.19. The lowest BCUT2D eigenvalue weighted by atomic mass is 9.97. The standard InChI is InChI=1S/C31H33N7O2S/c39-31(38-13-10-33-21-38)23-5-2-11-36(12-3-6-23)20-24-18-27-28(41-24)30(37-14-16-40-17-15-37)35-29(34-27)25-7-1-4-22-8-9-32-19-26(22)25/h1,4-5,7,10,13,18-19,21H,2-3,6,8-9,11-12,14-17,20H2. The van der Waals surface area contributed by atoms with Gasteiger partial charge in [-0.3, -0.25) is 19.3 Å². The lowest BCUT2D eigenvalue weighted by Crippen LogP contribution is -2.36. The Morgan fingerprint density at radius 3 is 2.88 bits per heavy atom. The summed E-state index contributed by atoms with van der Waals surface area (Å²) in [7, 11) is 0. The number of nitrogens with zero attached hydrogens (tertiary/aromatic N) is 7. The Balaban J connectivity index is 1.17. The predicted molar refractivity (Wildman–Crippen MR) is 162 cm³/mol. The maximum absolute atomic E-state index is 12.8. The first-order chi connectivity index (χ1) is 20.2. The summed E-state index contributed by atoms with van der Waals surface area (Å²) in [6, 6.07) is 8.66. The Labute approximate surface area is 243 Å². The number of hydrogen-bond acceptors (Lipinski definition) is 9. The number of benzene rings is 1. The zero-order valence-corrected chi connectivity index (χ0v) is 23.9. The van der Waals surface area contributed by atoms with E-state index in [1.165, 1.54) is 10.4 Å². The summed E-state index contributed by atoms with van der Waals surface area (Å²) in [5, 5.41) is 0. The van der Waals surface area contributed by atoms with Gasteiger partial charge in [0, 0.05) is 72.9 Å². The van der Waals surface area contributed by atoms with E-state index in [2.05, 4.69) is 50.1 Å². The first-order valence-corrected chi connectivity index (χ1v) is 15.2. The van der Waals surface area contributed by atoms with Crippen molar-refractivity contribution in [3.8, 4) is 11.4 Å². The molecule has 4 aromatic rings. The van der Waals surface area contributed by atoms with Crippen molar-refractivity contribution in [1.82, 2.24) is 24.4 Å². The molecule has 0 aliphatic carbocycles. The van der Waals surface area contributed by atoms with Crippen LogP contribution >= 0.6 is 11.3 Å². The van der Waals surface area contributed by atoms with E-state index < -0.39 is 0 Å². The number of carbonyl (C=O) groups is 1. The van der Waals surface area contributed by atoms with E-state index in [4.69, 9.17) is 14.7 Å². The summed E-state index contributed by atoms with van der Waals surface area (Å²) in [4.78, 5) is 37.8. The number of imidazole rings is 1. The normalized spacial score (nSPS) is 18.1. The van der Waals surface area contributed by atoms with Crippen LogP contribution in [0.4, 0.5) is 5.82 Å². The van der Waals surface area contributed by atoms with Gasteiger partial charge >= 0.3 is 0 Å². The zero-order valence-electron chi connectivity index (χ0n) is 23.0. The Kier molecular flexibility index (Phi) is 7.43. The Morgan fingerprint density at radius 1 is 1.07 bits per heavy atom. The molecular formula is C31H33N7O2S. The van der Waals surface area contributed by atoms with Crippen molar-refractivity contribution in [3.05, 3.63) is 70.6 Å². The van der Waals surface area contributed by atoms with Gasteiger partial charge < -0.3 is 9.64 Å². The number of fused-ring (bicyclic) bond motifs is 2. The molecule has 3 aliphatic rings. The second-order valence-corrected chi connectivity index (χ2v) is 11.9. The third-order valence-electron chi connectivity index (χ3n) is 8.03. The molecule has 210 valence electrons. The monoisotopic (exact) mass is 567 g/mol. The largest absolute Gasteiger partial charge is 0.378 e. The molecule has 0 spiro atoms. The molecule has 0 radical (unpaired) electrons. The van der Waals surface area contributed by atoms with Gasteiger partial charge in [0.1, 0.15) is 6.33 Å². The summed E-state index contributed by atoms with van der Waals surface area (Å²) >= 11 is 1.80. The van der Waals surface area contributed by atoms with Crippen LogP contribution in [-0.4, -0.2) is 82.5 Å². The minimum atomic E-state index is 0.0384. The average molecular weight is 568 g/mol. The van der Waals surface area contributed by atoms with Crippen LogP contribution in [0.15, 0.2) is 59.6 Å². The highest BCUT2D eigenvalue weighted by Crippen LogP contribution is 2.36. The van der Waals surface area contributed by atoms with E-state index in [1.807, 2.05) is 6.21 Å². The average Bonchev–Trinajstić information content (AvgIpc) is 3.68. The number of aromatic nitrogens is 4. The SMILES string of the molecule is O=C(C1=CCCN(Cc2cc3nc(-c4cccc5c4C=NCC5)nc(N4CCOCC4)c3s2)CCC1)n1ccnc1. The molecule has 41 heavy (non-hydrogen) atoms. The van der Waals surface area contributed by atoms with Crippen LogP contribution in [0, 0.1) is 0 Å². The molecule has 0 unspecified atom stereocenters. The number of rotatable bonds is 5. The van der Waals surface area contributed by atoms with Crippen LogP contribution in [0.2, 0.25) is 0 Å². The molecule has 9 nitrogen and oxygen atoms in total. The minimum absolute atomic E-state index is 0.0384. The fourth-order valence-electron chi connectivity index (χ4n) is 5.92. The second-order valence-electron chi connectivity index (χ2n) is 10.7. The van der Waals surface area contributed by atoms with Crippen molar-refractivity contribution in [1.29, 1.82) is 0 Å². The van der Waals surface area contributed by atoms with Crippen LogP contribution in [0.5, 0.6) is 0 Å².